The molecule has 2 aliphatic heterocycles. The molecule has 2 aliphatic carbocycles. The molecule has 77 heavy (non-hydrogen) atoms. The third-order valence-electron chi connectivity index (χ3n) is 15.4. The van der Waals surface area contributed by atoms with Crippen LogP contribution in [0.25, 0.3) is 55.9 Å². The fourth-order valence-electron chi connectivity index (χ4n) is 10.8. The van der Waals surface area contributed by atoms with Crippen molar-refractivity contribution in [1.29, 1.82) is 0 Å². The number of hydrogen-bond donors (Lipinski definition) is 5. The summed E-state index contributed by atoms with van der Waals surface area (Å²) in [5.74, 6) is 0.719. The van der Waals surface area contributed by atoms with Gasteiger partial charge >= 0.3 is 0 Å². The zero-order chi connectivity index (χ0) is 52.9. The second kappa shape index (κ2) is 20.9. The van der Waals surface area contributed by atoms with E-state index < -0.39 is 30.6 Å². The van der Waals surface area contributed by atoms with Gasteiger partial charge in [-0.2, -0.15) is 19.2 Å². The lowest BCUT2D eigenvalue weighted by Crippen LogP contribution is -2.50. The van der Waals surface area contributed by atoms with Gasteiger partial charge in [0.05, 0.1) is 73.4 Å². The largest absolute Gasteiger partial charge is 0.391 e. The smallest absolute Gasteiger partial charge is 0.257 e. The van der Waals surface area contributed by atoms with Crippen molar-refractivity contribution >= 4 is 56.8 Å². The van der Waals surface area contributed by atoms with Gasteiger partial charge in [-0.25, -0.2) is 28.7 Å². The van der Waals surface area contributed by atoms with Crippen molar-refractivity contribution in [3.8, 4) is 22.5 Å². The van der Waals surface area contributed by atoms with Crippen LogP contribution in [0.3, 0.4) is 0 Å². The summed E-state index contributed by atoms with van der Waals surface area (Å²) in [6.45, 7) is 1.68. The predicted molar refractivity (Wildman–Crippen MR) is 283 cm³/mol. The molecule has 13 rings (SSSR count). The lowest BCUT2D eigenvalue weighted by atomic mass is 9.89. The van der Waals surface area contributed by atoms with Gasteiger partial charge in [0.2, 0.25) is 0 Å². The molecule has 0 radical (unpaired) electrons. The van der Waals surface area contributed by atoms with Crippen molar-refractivity contribution in [2.24, 2.45) is 0 Å². The molecule has 5 N–H and O–H groups in total. The van der Waals surface area contributed by atoms with Crippen molar-refractivity contribution < 1.29 is 38.1 Å². The number of pyridine rings is 2. The maximum absolute atomic E-state index is 15.1. The number of aromatic nitrogens is 10. The highest BCUT2D eigenvalue weighted by Crippen LogP contribution is 2.38. The van der Waals surface area contributed by atoms with E-state index in [9.17, 15) is 24.2 Å². The Morgan fingerprint density at radius 1 is 0.675 bits per heavy atom. The highest BCUT2D eigenvalue weighted by atomic mass is 19.1. The van der Waals surface area contributed by atoms with E-state index in [0.29, 0.717) is 96.4 Å². The zero-order valence-corrected chi connectivity index (χ0v) is 42.4. The van der Waals surface area contributed by atoms with Crippen LogP contribution in [-0.2, 0) is 16.0 Å². The lowest BCUT2D eigenvalue weighted by Gasteiger charge is -2.32. The van der Waals surface area contributed by atoms with Crippen LogP contribution in [0.4, 0.5) is 20.4 Å². The number of rotatable bonds is 12. The molecule has 2 unspecified atom stereocenters. The number of carbonyl (C=O) groups excluding carboxylic acids is 2. The number of nitrogens with zero attached hydrogens (tertiary/aromatic N) is 11. The molecular weight excluding hydrogens is 991 g/mol. The number of nitrogens with one attached hydrogen (secondary N) is 3. The molecule has 398 valence electrons. The van der Waals surface area contributed by atoms with Crippen LogP contribution in [0.5, 0.6) is 0 Å². The standard InChI is InChI=1S/C31H32FN7O3.C24H26FN7O3/c1-37(16-19-6-3-2-4-7-19)28-14-25(35-30-21(15-34-39(28)30)31(41)36-24-9-10-27(24)40)22-17-38(26-11-13-42-18-23(26)32)29-20(22)8-5-12-33-29;1-26-21-9-18(29-23-14(10-28-32(21)23)24(34)30-17-4-5-20(17)33)15-11-31(19-6-8-35-12-16(19)25)22-13(15)3-2-7-27-22/h2-8,12,14-15,17,23-24,26-27,40H,9-11,13,16,18H2,1H3,(H,36,41);2-3,7,9-11,16-17,19-20,26,33H,4-6,8,12H2,1H3,(H,30,34)/t23-,24?,26-,27-;16-,17?,19-,20-/m11/s1. The summed E-state index contributed by atoms with van der Waals surface area (Å²) < 4.78 is 47.5. The van der Waals surface area contributed by atoms with Crippen LogP contribution >= 0.6 is 0 Å². The first-order chi connectivity index (χ1) is 37.5. The fourth-order valence-corrected chi connectivity index (χ4v) is 10.8. The van der Waals surface area contributed by atoms with Gasteiger partial charge in [0.1, 0.15) is 46.4 Å². The minimum absolute atomic E-state index is 0.0507. The van der Waals surface area contributed by atoms with Crippen LogP contribution in [0.2, 0.25) is 0 Å². The summed E-state index contributed by atoms with van der Waals surface area (Å²) in [5.41, 5.74) is 6.69. The Kier molecular flexibility index (Phi) is 13.5. The van der Waals surface area contributed by atoms with Crippen LogP contribution in [0.1, 0.15) is 76.9 Å². The summed E-state index contributed by atoms with van der Waals surface area (Å²) >= 11 is 0. The number of alkyl halides is 2. The SMILES string of the molecule is CN(Cc1ccccc1)c1cc(-c2cn([C@@H]3CCOC[C@H]3F)c3ncccc23)nc2c(C(=O)NC3CC[C@H]3O)cnn12.CNc1cc(-c2cn([C@@H]3CCOC[C@H]3F)c3ncccc23)nc2c(C(=O)NC3CC[C@H]3O)cnn12. The number of benzene rings is 1. The van der Waals surface area contributed by atoms with Crippen molar-refractivity contribution in [1.82, 2.24) is 58.9 Å². The minimum atomic E-state index is -1.15. The first-order valence-electron chi connectivity index (χ1n) is 26.1. The monoisotopic (exact) mass is 1050 g/mol. The molecule has 0 bridgehead atoms. The number of carbonyl (C=O) groups is 2. The molecule has 8 atom stereocenters. The number of hydrogen-bond acceptors (Lipinski definition) is 14. The van der Waals surface area contributed by atoms with Crippen molar-refractivity contribution in [2.75, 3.05) is 50.7 Å². The molecule has 2 saturated heterocycles. The fraction of sp³-hybridized carbons (Fsp3) is 0.382. The van der Waals surface area contributed by atoms with E-state index in [2.05, 4.69) is 53.1 Å². The van der Waals surface area contributed by atoms with Gasteiger partial charge in [-0.3, -0.25) is 9.59 Å². The van der Waals surface area contributed by atoms with Gasteiger partial charge in [0.15, 0.2) is 11.3 Å². The van der Waals surface area contributed by atoms with Crippen molar-refractivity contribution in [3.05, 3.63) is 121 Å². The quantitative estimate of drug-likeness (QED) is 0.0909. The highest BCUT2D eigenvalue weighted by molar-refractivity contribution is 6.02. The van der Waals surface area contributed by atoms with E-state index in [4.69, 9.17) is 19.4 Å². The number of aliphatic hydroxyl groups excluding tert-OH is 2. The number of fused-ring (bicyclic) bond motifs is 4. The van der Waals surface area contributed by atoms with E-state index in [1.54, 1.807) is 28.5 Å². The van der Waals surface area contributed by atoms with Crippen LogP contribution in [-0.4, -0.2) is 147 Å². The Balaban J connectivity index is 0.000000157. The average Bonchev–Trinajstić information content (AvgIpc) is 4.28. The first kappa shape index (κ1) is 49.9. The maximum atomic E-state index is 15.1. The Bertz CT molecular complexity index is 3640. The van der Waals surface area contributed by atoms with Gasteiger partial charge in [-0.15, -0.1) is 0 Å². The molecule has 4 aliphatic rings. The van der Waals surface area contributed by atoms with Gasteiger partial charge in [-0.1, -0.05) is 30.3 Å². The van der Waals surface area contributed by atoms with E-state index in [0.717, 1.165) is 46.1 Å². The Morgan fingerprint density at radius 2 is 1.19 bits per heavy atom. The van der Waals surface area contributed by atoms with E-state index in [-0.39, 0.29) is 43.2 Å². The second-order valence-electron chi connectivity index (χ2n) is 20.2. The topological polar surface area (TPSA) is 228 Å². The number of amides is 2. The predicted octanol–water partition coefficient (Wildman–Crippen LogP) is 6.28. The summed E-state index contributed by atoms with van der Waals surface area (Å²) in [7, 11) is 3.74. The van der Waals surface area contributed by atoms with Crippen LogP contribution in [0.15, 0.2) is 104 Å². The average molecular weight is 1050 g/mol. The van der Waals surface area contributed by atoms with E-state index in [1.807, 2.05) is 83.2 Å². The van der Waals surface area contributed by atoms with Gasteiger partial charge in [0, 0.05) is 92.7 Å². The molecule has 22 heteroatoms. The number of halogens is 2. The molecule has 2 saturated carbocycles. The number of anilines is 2. The summed E-state index contributed by atoms with van der Waals surface area (Å²) in [4.78, 5) is 47.3. The third kappa shape index (κ3) is 9.37. The maximum Gasteiger partial charge on any atom is 0.257 e. The normalized spacial score (nSPS) is 23.2. The van der Waals surface area contributed by atoms with Gasteiger partial charge < -0.3 is 49.7 Å². The molecule has 20 nitrogen and oxygen atoms in total. The minimum Gasteiger partial charge on any atom is -0.391 e. The van der Waals surface area contributed by atoms with E-state index >= 15 is 4.39 Å². The first-order valence-corrected chi connectivity index (χ1v) is 26.1. The molecule has 0 spiro atoms. The second-order valence-corrected chi connectivity index (χ2v) is 20.2. The number of aliphatic hydroxyl groups is 2. The van der Waals surface area contributed by atoms with Crippen molar-refractivity contribution in [2.45, 2.75) is 93.8 Å². The van der Waals surface area contributed by atoms with Gasteiger partial charge in [0.25, 0.3) is 11.8 Å². The molecule has 4 fully saturated rings. The summed E-state index contributed by atoms with van der Waals surface area (Å²) in [6.07, 6.45) is 10.7. The Labute approximate surface area is 440 Å². The lowest BCUT2D eigenvalue weighted by molar-refractivity contribution is 0.00443. The molecule has 1 aromatic carbocycles. The van der Waals surface area contributed by atoms with Crippen LogP contribution < -0.4 is 20.9 Å². The number of ether oxygens (including phenoxy) is 2. The van der Waals surface area contributed by atoms with Crippen LogP contribution in [0, 0.1) is 0 Å². The van der Waals surface area contributed by atoms with Crippen molar-refractivity contribution in [3.63, 3.8) is 0 Å². The Morgan fingerprint density at radius 3 is 1.69 bits per heavy atom. The summed E-state index contributed by atoms with van der Waals surface area (Å²) in [6, 6.07) is 20.2. The van der Waals surface area contributed by atoms with Gasteiger partial charge in [-0.05, 0) is 68.4 Å². The molecule has 2 amide bonds. The molecule has 10 heterocycles. The summed E-state index contributed by atoms with van der Waals surface area (Å²) in [5, 5.41) is 39.4. The highest BCUT2D eigenvalue weighted by Gasteiger charge is 2.35. The zero-order valence-electron chi connectivity index (χ0n) is 42.4. The molecule has 9 aromatic rings. The molecular formula is C55H58F2N14O6. The molecule has 8 aromatic heterocycles. The third-order valence-corrected chi connectivity index (χ3v) is 15.4. The van der Waals surface area contributed by atoms with E-state index in [1.165, 1.54) is 12.4 Å². The Hall–Kier alpha value is -7.92.